The molecular formula is C56H107NO5. The fourth-order valence-corrected chi connectivity index (χ4v) is 8.50. The zero-order valence-corrected chi connectivity index (χ0v) is 41.4. The molecule has 0 saturated carbocycles. The predicted octanol–water partition coefficient (Wildman–Crippen LogP) is 15.6. The highest BCUT2D eigenvalue weighted by Crippen LogP contribution is 2.17. The minimum absolute atomic E-state index is 0.361. The van der Waals surface area contributed by atoms with Gasteiger partial charge in [-0.1, -0.05) is 256 Å². The van der Waals surface area contributed by atoms with Crippen molar-refractivity contribution in [1.82, 2.24) is 5.32 Å². The molecule has 366 valence electrons. The summed E-state index contributed by atoms with van der Waals surface area (Å²) in [6, 6.07) is -1.01. The SMILES string of the molecule is CCCCCCCCCCCCCCCCCC/C=C/CC/C=C/CC/C=C/CCCC(O)C(O)C(CO)NC(=O)C(O)CCCCCCCCCCCCCCCCCCC. The highest BCUT2D eigenvalue weighted by atomic mass is 16.3. The number of carbonyl (C=O) groups is 1. The minimum atomic E-state index is -1.29. The normalized spacial score (nSPS) is 14.1. The molecule has 0 aliphatic rings. The number of hydrogen-bond donors (Lipinski definition) is 5. The molecule has 4 atom stereocenters. The van der Waals surface area contributed by atoms with Crippen molar-refractivity contribution < 1.29 is 25.2 Å². The number of hydrogen-bond acceptors (Lipinski definition) is 5. The second-order valence-electron chi connectivity index (χ2n) is 18.9. The van der Waals surface area contributed by atoms with Crippen LogP contribution in [-0.2, 0) is 4.79 Å². The number of aliphatic hydroxyl groups excluding tert-OH is 4. The van der Waals surface area contributed by atoms with Gasteiger partial charge in [0, 0.05) is 0 Å². The predicted molar refractivity (Wildman–Crippen MR) is 270 cm³/mol. The van der Waals surface area contributed by atoms with Crippen LogP contribution in [0.5, 0.6) is 0 Å². The third kappa shape index (κ3) is 43.8. The maximum atomic E-state index is 12.6. The van der Waals surface area contributed by atoms with E-state index in [1.165, 1.54) is 199 Å². The number of aliphatic hydroxyl groups is 4. The Morgan fingerprint density at radius 1 is 0.387 bits per heavy atom. The summed E-state index contributed by atoms with van der Waals surface area (Å²) >= 11 is 0. The Bertz CT molecular complexity index is 981. The van der Waals surface area contributed by atoms with E-state index in [0.717, 1.165) is 51.4 Å². The van der Waals surface area contributed by atoms with Gasteiger partial charge in [0.25, 0.3) is 0 Å². The average Bonchev–Trinajstić information content (AvgIpc) is 3.28. The maximum absolute atomic E-state index is 12.6. The van der Waals surface area contributed by atoms with Crippen LogP contribution in [0.3, 0.4) is 0 Å². The molecule has 62 heavy (non-hydrogen) atoms. The van der Waals surface area contributed by atoms with Crippen LogP contribution in [0.15, 0.2) is 36.5 Å². The molecule has 0 aliphatic heterocycles. The van der Waals surface area contributed by atoms with Crippen LogP contribution in [-0.4, -0.2) is 57.3 Å². The van der Waals surface area contributed by atoms with E-state index in [4.69, 9.17) is 0 Å². The zero-order chi connectivity index (χ0) is 45.2. The van der Waals surface area contributed by atoms with E-state index in [9.17, 15) is 25.2 Å². The van der Waals surface area contributed by atoms with Crippen LogP contribution < -0.4 is 5.32 Å². The quantitative estimate of drug-likeness (QED) is 0.0309. The Morgan fingerprint density at radius 3 is 1.02 bits per heavy atom. The Hall–Kier alpha value is -1.47. The minimum Gasteiger partial charge on any atom is -0.394 e. The Labute approximate surface area is 386 Å². The molecule has 0 radical (unpaired) electrons. The molecule has 0 bridgehead atoms. The van der Waals surface area contributed by atoms with E-state index in [2.05, 4.69) is 55.6 Å². The van der Waals surface area contributed by atoms with Gasteiger partial charge in [-0.25, -0.2) is 0 Å². The van der Waals surface area contributed by atoms with Crippen molar-refractivity contribution in [2.24, 2.45) is 0 Å². The van der Waals surface area contributed by atoms with Crippen LogP contribution >= 0.6 is 0 Å². The molecule has 0 spiro atoms. The molecule has 0 aromatic heterocycles. The lowest BCUT2D eigenvalue weighted by Gasteiger charge is -2.27. The summed E-state index contributed by atoms with van der Waals surface area (Å²) in [4.78, 5) is 12.6. The van der Waals surface area contributed by atoms with Gasteiger partial charge < -0.3 is 25.7 Å². The molecule has 0 aromatic rings. The fraction of sp³-hybridized carbons (Fsp3) is 0.875. The molecule has 6 heteroatoms. The van der Waals surface area contributed by atoms with Crippen LogP contribution in [0.4, 0.5) is 0 Å². The number of nitrogens with one attached hydrogen (secondary N) is 1. The lowest BCUT2D eigenvalue weighted by Crippen LogP contribution is -2.53. The van der Waals surface area contributed by atoms with E-state index in [1.54, 1.807) is 0 Å². The number of unbranched alkanes of at least 4 members (excludes halogenated alkanes) is 35. The van der Waals surface area contributed by atoms with Gasteiger partial charge in [-0.2, -0.15) is 0 Å². The van der Waals surface area contributed by atoms with Gasteiger partial charge in [-0.3, -0.25) is 4.79 Å². The summed E-state index contributed by atoms with van der Waals surface area (Å²) in [5.41, 5.74) is 0. The van der Waals surface area contributed by atoms with Gasteiger partial charge in [-0.05, 0) is 64.2 Å². The molecular weight excluding hydrogens is 767 g/mol. The van der Waals surface area contributed by atoms with Crippen molar-refractivity contribution in [3.05, 3.63) is 36.5 Å². The van der Waals surface area contributed by atoms with Gasteiger partial charge in [-0.15, -0.1) is 0 Å². The summed E-state index contributed by atoms with van der Waals surface area (Å²) in [5.74, 6) is -0.596. The molecule has 0 aliphatic carbocycles. The summed E-state index contributed by atoms with van der Waals surface area (Å²) < 4.78 is 0. The molecule has 0 saturated heterocycles. The van der Waals surface area contributed by atoms with Crippen molar-refractivity contribution in [3.8, 4) is 0 Å². The molecule has 0 heterocycles. The lowest BCUT2D eigenvalue weighted by molar-refractivity contribution is -0.132. The van der Waals surface area contributed by atoms with Crippen LogP contribution in [0, 0.1) is 0 Å². The summed E-state index contributed by atoms with van der Waals surface area (Å²) in [6.45, 7) is 4.06. The third-order valence-corrected chi connectivity index (χ3v) is 12.8. The fourth-order valence-electron chi connectivity index (χ4n) is 8.50. The van der Waals surface area contributed by atoms with Crippen molar-refractivity contribution in [3.63, 3.8) is 0 Å². The number of rotatable bonds is 50. The number of allylic oxidation sites excluding steroid dienone is 6. The molecule has 0 rings (SSSR count). The van der Waals surface area contributed by atoms with E-state index in [0.29, 0.717) is 19.3 Å². The lowest BCUT2D eigenvalue weighted by atomic mass is 10.00. The highest BCUT2D eigenvalue weighted by molar-refractivity contribution is 5.80. The molecule has 0 fully saturated rings. The average molecular weight is 874 g/mol. The van der Waals surface area contributed by atoms with Gasteiger partial charge in [0.2, 0.25) is 5.91 Å². The zero-order valence-electron chi connectivity index (χ0n) is 41.4. The first-order valence-corrected chi connectivity index (χ1v) is 27.4. The Kier molecular flexibility index (Phi) is 49.3. The van der Waals surface area contributed by atoms with Gasteiger partial charge in [0.05, 0.1) is 18.8 Å². The van der Waals surface area contributed by atoms with E-state index in [1.807, 2.05) is 0 Å². The summed E-state index contributed by atoms with van der Waals surface area (Å²) in [5, 5.41) is 43.9. The third-order valence-electron chi connectivity index (χ3n) is 12.8. The van der Waals surface area contributed by atoms with Crippen molar-refractivity contribution in [2.45, 2.75) is 308 Å². The van der Waals surface area contributed by atoms with Crippen molar-refractivity contribution in [1.29, 1.82) is 0 Å². The van der Waals surface area contributed by atoms with E-state index >= 15 is 0 Å². The summed E-state index contributed by atoms with van der Waals surface area (Å²) in [7, 11) is 0. The first-order chi connectivity index (χ1) is 30.5. The van der Waals surface area contributed by atoms with Crippen LogP contribution in [0.1, 0.15) is 284 Å². The van der Waals surface area contributed by atoms with E-state index in [-0.39, 0.29) is 0 Å². The number of amides is 1. The highest BCUT2D eigenvalue weighted by Gasteiger charge is 2.28. The molecule has 5 N–H and O–H groups in total. The second-order valence-corrected chi connectivity index (χ2v) is 18.9. The first kappa shape index (κ1) is 60.5. The maximum Gasteiger partial charge on any atom is 0.249 e. The summed E-state index contributed by atoms with van der Waals surface area (Å²) in [6.07, 6.45) is 62.1. The smallest absolute Gasteiger partial charge is 0.249 e. The molecule has 1 amide bonds. The first-order valence-electron chi connectivity index (χ1n) is 27.4. The molecule has 6 nitrogen and oxygen atoms in total. The van der Waals surface area contributed by atoms with Gasteiger partial charge >= 0.3 is 0 Å². The number of carbonyl (C=O) groups excluding carboxylic acids is 1. The Balaban J connectivity index is 3.70. The second kappa shape index (κ2) is 50.5. The molecule has 4 unspecified atom stereocenters. The van der Waals surface area contributed by atoms with Crippen LogP contribution in [0.2, 0.25) is 0 Å². The largest absolute Gasteiger partial charge is 0.394 e. The molecule has 0 aromatic carbocycles. The van der Waals surface area contributed by atoms with E-state index < -0.39 is 36.9 Å². The van der Waals surface area contributed by atoms with Gasteiger partial charge in [0.15, 0.2) is 0 Å². The standard InChI is InChI=1S/C56H107NO5/c1-3-5-7-9-11-13-15-17-19-21-22-23-24-25-26-27-28-29-30-31-32-34-35-37-39-41-43-45-47-49-53(59)55(61)52(51-58)57-56(62)54(60)50-48-46-44-42-40-38-36-33-20-18-16-14-12-10-8-6-4-2/h29-30,34-35,41,43,52-55,58-61H,3-28,31-33,36-40,42,44-51H2,1-2H3,(H,57,62)/b30-29+,35-34+,43-41+. The monoisotopic (exact) mass is 874 g/mol. The van der Waals surface area contributed by atoms with Gasteiger partial charge in [0.1, 0.15) is 12.2 Å². The van der Waals surface area contributed by atoms with Crippen molar-refractivity contribution in [2.75, 3.05) is 6.61 Å². The Morgan fingerprint density at radius 2 is 0.677 bits per heavy atom. The topological polar surface area (TPSA) is 110 Å². The van der Waals surface area contributed by atoms with Crippen molar-refractivity contribution >= 4 is 5.91 Å². The van der Waals surface area contributed by atoms with Crippen LogP contribution in [0.25, 0.3) is 0 Å².